The van der Waals surface area contributed by atoms with Gasteiger partial charge < -0.3 is 5.32 Å². The van der Waals surface area contributed by atoms with Gasteiger partial charge in [-0.1, -0.05) is 13.8 Å². The molecule has 0 spiro atoms. The van der Waals surface area contributed by atoms with E-state index in [0.717, 1.165) is 6.42 Å². The quantitative estimate of drug-likeness (QED) is 0.836. The van der Waals surface area contributed by atoms with E-state index in [9.17, 15) is 17.6 Å². The Balaban J connectivity index is 1.76. The summed E-state index contributed by atoms with van der Waals surface area (Å²) in [6, 6.07) is 10.0. The molecule has 1 amide bonds. The van der Waals surface area contributed by atoms with Gasteiger partial charge in [0.25, 0.3) is 5.91 Å². The van der Waals surface area contributed by atoms with Gasteiger partial charge in [-0.3, -0.25) is 4.79 Å². The minimum atomic E-state index is -3.58. The maximum absolute atomic E-state index is 13.2. The van der Waals surface area contributed by atoms with Crippen LogP contribution in [0, 0.1) is 24.6 Å². The van der Waals surface area contributed by atoms with E-state index in [0.29, 0.717) is 41.7 Å². The number of rotatable bonds is 4. The van der Waals surface area contributed by atoms with Crippen LogP contribution in [0.15, 0.2) is 47.4 Å². The molecule has 1 saturated heterocycles. The molecular formula is C21H25FN2O3S. The van der Waals surface area contributed by atoms with E-state index in [-0.39, 0.29) is 16.6 Å². The van der Waals surface area contributed by atoms with Gasteiger partial charge in [-0.25, -0.2) is 12.8 Å². The Hall–Kier alpha value is -2.25. The van der Waals surface area contributed by atoms with Gasteiger partial charge in [0.2, 0.25) is 10.0 Å². The highest BCUT2D eigenvalue weighted by molar-refractivity contribution is 7.89. The van der Waals surface area contributed by atoms with Crippen LogP contribution < -0.4 is 5.32 Å². The molecule has 0 aliphatic carbocycles. The summed E-state index contributed by atoms with van der Waals surface area (Å²) in [5, 5.41) is 2.72. The molecule has 5 nitrogen and oxygen atoms in total. The summed E-state index contributed by atoms with van der Waals surface area (Å²) in [4.78, 5) is 12.6. The molecule has 0 unspecified atom stereocenters. The van der Waals surface area contributed by atoms with Crippen LogP contribution in [0.5, 0.6) is 0 Å². The van der Waals surface area contributed by atoms with Gasteiger partial charge in [0.15, 0.2) is 0 Å². The van der Waals surface area contributed by atoms with Gasteiger partial charge >= 0.3 is 0 Å². The zero-order valence-corrected chi connectivity index (χ0v) is 17.1. The van der Waals surface area contributed by atoms with E-state index < -0.39 is 10.0 Å². The number of carbonyl (C=O) groups excluding carboxylic acids is 1. The Labute approximate surface area is 165 Å². The molecule has 3 rings (SSSR count). The predicted octanol–water partition coefficient (Wildman–Crippen LogP) is 4.05. The Morgan fingerprint density at radius 1 is 1.07 bits per heavy atom. The van der Waals surface area contributed by atoms with Gasteiger partial charge in [0, 0.05) is 24.3 Å². The summed E-state index contributed by atoms with van der Waals surface area (Å²) in [6.07, 6.45) is 1.02. The van der Waals surface area contributed by atoms with Crippen molar-refractivity contribution in [2.45, 2.75) is 32.1 Å². The van der Waals surface area contributed by atoms with E-state index in [1.807, 2.05) is 0 Å². The first-order valence-electron chi connectivity index (χ1n) is 9.34. The fourth-order valence-corrected chi connectivity index (χ4v) is 5.37. The second-order valence-electron chi connectivity index (χ2n) is 7.71. The third kappa shape index (κ3) is 4.42. The lowest BCUT2D eigenvalue weighted by atomic mass is 9.94. The lowest BCUT2D eigenvalue weighted by molar-refractivity contribution is 0.102. The van der Waals surface area contributed by atoms with Crippen molar-refractivity contribution in [3.8, 4) is 0 Å². The van der Waals surface area contributed by atoms with Crippen LogP contribution in [0.1, 0.15) is 36.2 Å². The van der Waals surface area contributed by atoms with E-state index >= 15 is 0 Å². The van der Waals surface area contributed by atoms with Crippen LogP contribution in [0.2, 0.25) is 0 Å². The van der Waals surface area contributed by atoms with Gasteiger partial charge in [-0.15, -0.1) is 0 Å². The zero-order valence-electron chi connectivity index (χ0n) is 16.3. The molecular weight excluding hydrogens is 379 g/mol. The molecule has 1 fully saturated rings. The van der Waals surface area contributed by atoms with Gasteiger partial charge in [-0.05, 0) is 73.2 Å². The van der Waals surface area contributed by atoms with Crippen molar-refractivity contribution >= 4 is 21.6 Å². The molecule has 28 heavy (non-hydrogen) atoms. The summed E-state index contributed by atoms with van der Waals surface area (Å²) in [6.45, 7) is 6.85. The monoisotopic (exact) mass is 404 g/mol. The first-order valence-corrected chi connectivity index (χ1v) is 10.8. The Morgan fingerprint density at radius 2 is 1.68 bits per heavy atom. The molecule has 0 bridgehead atoms. The lowest BCUT2D eigenvalue weighted by Gasteiger charge is -2.34. The minimum absolute atomic E-state index is 0.184. The number of benzene rings is 2. The number of amides is 1. The molecule has 7 heteroatoms. The Kier molecular flexibility index (Phi) is 5.86. The van der Waals surface area contributed by atoms with E-state index in [4.69, 9.17) is 0 Å². The average molecular weight is 405 g/mol. The molecule has 1 aliphatic heterocycles. The van der Waals surface area contributed by atoms with Crippen molar-refractivity contribution in [1.29, 1.82) is 0 Å². The van der Waals surface area contributed by atoms with Gasteiger partial charge in [0.1, 0.15) is 5.82 Å². The molecule has 2 aromatic rings. The van der Waals surface area contributed by atoms with Crippen molar-refractivity contribution in [2.75, 3.05) is 18.4 Å². The number of piperidine rings is 1. The highest BCUT2D eigenvalue weighted by Gasteiger charge is 2.31. The minimum Gasteiger partial charge on any atom is -0.322 e. The topological polar surface area (TPSA) is 66.5 Å². The van der Waals surface area contributed by atoms with Crippen molar-refractivity contribution in [1.82, 2.24) is 4.31 Å². The normalized spacial score (nSPS) is 20.7. The van der Waals surface area contributed by atoms with Crippen LogP contribution in [0.25, 0.3) is 0 Å². The number of hydrogen-bond acceptors (Lipinski definition) is 3. The molecule has 0 aromatic heterocycles. The molecule has 2 aromatic carbocycles. The fraction of sp³-hybridized carbons (Fsp3) is 0.381. The third-order valence-electron chi connectivity index (χ3n) is 5.03. The van der Waals surface area contributed by atoms with Crippen LogP contribution in [-0.4, -0.2) is 31.7 Å². The van der Waals surface area contributed by atoms with Gasteiger partial charge in [-0.2, -0.15) is 4.31 Å². The van der Waals surface area contributed by atoms with E-state index in [1.165, 1.54) is 46.8 Å². The van der Waals surface area contributed by atoms with Crippen molar-refractivity contribution < 1.29 is 17.6 Å². The number of halogens is 1. The number of anilines is 1. The van der Waals surface area contributed by atoms with Crippen molar-refractivity contribution in [2.24, 2.45) is 11.8 Å². The molecule has 150 valence electrons. The van der Waals surface area contributed by atoms with Crippen LogP contribution >= 0.6 is 0 Å². The fourth-order valence-electron chi connectivity index (χ4n) is 3.69. The predicted molar refractivity (Wildman–Crippen MR) is 107 cm³/mol. The smallest absolute Gasteiger partial charge is 0.255 e. The molecule has 2 atom stereocenters. The number of carbonyl (C=O) groups is 1. The molecule has 0 radical (unpaired) electrons. The number of hydrogen-bond donors (Lipinski definition) is 1. The van der Waals surface area contributed by atoms with Crippen LogP contribution in [-0.2, 0) is 10.0 Å². The average Bonchev–Trinajstić information content (AvgIpc) is 2.63. The Bertz CT molecular complexity index is 964. The molecule has 0 saturated carbocycles. The van der Waals surface area contributed by atoms with E-state index in [1.54, 1.807) is 6.92 Å². The lowest BCUT2D eigenvalue weighted by Crippen LogP contribution is -2.42. The summed E-state index contributed by atoms with van der Waals surface area (Å²) in [7, 11) is -3.58. The summed E-state index contributed by atoms with van der Waals surface area (Å²) >= 11 is 0. The summed E-state index contributed by atoms with van der Waals surface area (Å²) in [5.74, 6) is -0.102. The first-order chi connectivity index (χ1) is 13.2. The maximum Gasteiger partial charge on any atom is 0.255 e. The maximum atomic E-state index is 13.2. The second-order valence-corrected chi connectivity index (χ2v) is 9.64. The molecule has 1 aliphatic rings. The Morgan fingerprint density at radius 3 is 2.25 bits per heavy atom. The first kappa shape index (κ1) is 20.5. The number of aryl methyl sites for hydroxylation is 1. The standard InChI is InChI=1S/C21H25FN2O3S/c1-14-10-15(2)13-24(12-14)28(26,27)19-7-4-17(5-8-19)21(25)23-20-9-6-18(22)11-16(20)3/h4-9,11,14-15H,10,12-13H2,1-3H3,(H,23,25)/t14-,15-/m0/s1. The zero-order chi connectivity index (χ0) is 20.5. The van der Waals surface area contributed by atoms with Gasteiger partial charge in [0.05, 0.1) is 4.90 Å². The van der Waals surface area contributed by atoms with Crippen LogP contribution in [0.4, 0.5) is 10.1 Å². The number of nitrogens with one attached hydrogen (secondary N) is 1. The molecule has 1 heterocycles. The highest BCUT2D eigenvalue weighted by Crippen LogP contribution is 2.27. The second kappa shape index (κ2) is 8.01. The van der Waals surface area contributed by atoms with E-state index in [2.05, 4.69) is 19.2 Å². The van der Waals surface area contributed by atoms with Crippen molar-refractivity contribution in [3.05, 3.63) is 59.4 Å². The highest BCUT2D eigenvalue weighted by atomic mass is 32.2. The third-order valence-corrected chi connectivity index (χ3v) is 6.87. The SMILES string of the molecule is Cc1cc(F)ccc1NC(=O)c1ccc(S(=O)(=O)N2C[C@@H](C)C[C@H](C)C2)cc1. The van der Waals surface area contributed by atoms with Crippen LogP contribution in [0.3, 0.4) is 0 Å². The number of sulfonamides is 1. The summed E-state index contributed by atoms with van der Waals surface area (Å²) in [5.41, 5.74) is 1.46. The number of nitrogens with zero attached hydrogens (tertiary/aromatic N) is 1. The summed E-state index contributed by atoms with van der Waals surface area (Å²) < 4.78 is 40.6. The largest absolute Gasteiger partial charge is 0.322 e. The van der Waals surface area contributed by atoms with Crippen molar-refractivity contribution in [3.63, 3.8) is 0 Å². The molecule has 1 N–H and O–H groups in total.